The Labute approximate surface area is 169 Å². The third-order valence-corrected chi connectivity index (χ3v) is 5.73. The molecule has 0 N–H and O–H groups in total. The lowest BCUT2D eigenvalue weighted by Crippen LogP contribution is -2.40. The highest BCUT2D eigenvalue weighted by molar-refractivity contribution is 5.97. The number of rotatable bonds is 5. The normalized spacial score (nSPS) is 15.5. The van der Waals surface area contributed by atoms with Gasteiger partial charge in [-0.1, -0.05) is 30.3 Å². The predicted octanol–water partition coefficient (Wildman–Crippen LogP) is 4.14. The summed E-state index contributed by atoms with van der Waals surface area (Å²) in [6.45, 7) is 5.80. The molecule has 2 heterocycles. The summed E-state index contributed by atoms with van der Waals surface area (Å²) in [6.07, 6.45) is 1.81. The fourth-order valence-electron chi connectivity index (χ4n) is 3.80. The highest BCUT2D eigenvalue weighted by atomic mass is 16.5. The van der Waals surface area contributed by atoms with Gasteiger partial charge in [0, 0.05) is 35.7 Å². The van der Waals surface area contributed by atoms with Gasteiger partial charge < -0.3 is 9.15 Å². The molecule has 3 aromatic rings. The van der Waals surface area contributed by atoms with Gasteiger partial charge in [0.1, 0.15) is 17.4 Å². The van der Waals surface area contributed by atoms with Crippen LogP contribution in [-0.2, 0) is 0 Å². The molecule has 5 heteroatoms. The van der Waals surface area contributed by atoms with Crippen LogP contribution in [-0.4, -0.2) is 36.4 Å². The first-order valence-corrected chi connectivity index (χ1v) is 10.0. The Balaban J connectivity index is 1.36. The van der Waals surface area contributed by atoms with Gasteiger partial charge in [-0.15, -0.1) is 0 Å². The number of carbonyl (C=O) groups is 1. The first kappa shape index (κ1) is 19.4. The maximum Gasteiger partial charge on any atom is 0.339 e. The molecule has 0 bridgehead atoms. The number of nitrogens with zero attached hydrogens (tertiary/aromatic N) is 1. The van der Waals surface area contributed by atoms with Gasteiger partial charge in [0.2, 0.25) is 0 Å². The maximum atomic E-state index is 12.4. The molecule has 0 radical (unpaired) electrons. The zero-order valence-corrected chi connectivity index (χ0v) is 16.8. The van der Waals surface area contributed by atoms with Crippen molar-refractivity contribution < 1.29 is 13.9 Å². The van der Waals surface area contributed by atoms with Gasteiger partial charge in [-0.2, -0.15) is 0 Å². The van der Waals surface area contributed by atoms with Gasteiger partial charge in [-0.3, -0.25) is 9.69 Å². The predicted molar refractivity (Wildman–Crippen MR) is 113 cm³/mol. The summed E-state index contributed by atoms with van der Waals surface area (Å²) in [6, 6.07) is 15.1. The summed E-state index contributed by atoms with van der Waals surface area (Å²) in [5.41, 5.74) is 2.60. The monoisotopic (exact) mass is 391 g/mol. The van der Waals surface area contributed by atoms with E-state index < -0.39 is 0 Å². The van der Waals surface area contributed by atoms with Crippen molar-refractivity contribution in [3.63, 3.8) is 0 Å². The molecular weight excluding hydrogens is 366 g/mol. The van der Waals surface area contributed by atoms with Gasteiger partial charge in [0.25, 0.3) is 0 Å². The van der Waals surface area contributed by atoms with Gasteiger partial charge in [0.15, 0.2) is 5.78 Å². The lowest BCUT2D eigenvalue weighted by atomic mass is 10.1. The van der Waals surface area contributed by atoms with Crippen molar-refractivity contribution in [2.24, 2.45) is 0 Å². The summed E-state index contributed by atoms with van der Waals surface area (Å²) >= 11 is 0. The Morgan fingerprint density at radius 1 is 1.07 bits per heavy atom. The van der Waals surface area contributed by atoms with Crippen LogP contribution in [0.25, 0.3) is 11.0 Å². The van der Waals surface area contributed by atoms with E-state index >= 15 is 0 Å². The van der Waals surface area contributed by atoms with Crippen LogP contribution in [0.5, 0.6) is 5.75 Å². The Morgan fingerprint density at radius 3 is 2.52 bits per heavy atom. The van der Waals surface area contributed by atoms with E-state index in [4.69, 9.17) is 9.15 Å². The molecule has 2 aromatic carbocycles. The number of Topliss-reactive ketones (excluding diaryl/α,β-unsaturated/α-hetero) is 1. The first-order valence-electron chi connectivity index (χ1n) is 10.0. The maximum absolute atomic E-state index is 12.4. The lowest BCUT2D eigenvalue weighted by Gasteiger charge is -2.31. The van der Waals surface area contributed by atoms with Gasteiger partial charge in [0.05, 0.1) is 6.54 Å². The zero-order chi connectivity index (χ0) is 20.4. The van der Waals surface area contributed by atoms with E-state index in [1.54, 1.807) is 13.0 Å². The fraction of sp³-hybridized carbons (Fsp3) is 0.333. The third-order valence-electron chi connectivity index (χ3n) is 5.73. The van der Waals surface area contributed by atoms with E-state index in [9.17, 15) is 9.59 Å². The van der Waals surface area contributed by atoms with Gasteiger partial charge in [-0.25, -0.2) is 4.79 Å². The van der Waals surface area contributed by atoms with Crippen molar-refractivity contribution in [1.82, 2.24) is 4.90 Å². The topological polar surface area (TPSA) is 59.8 Å². The molecule has 4 rings (SSSR count). The molecule has 0 spiro atoms. The molecule has 29 heavy (non-hydrogen) atoms. The van der Waals surface area contributed by atoms with Crippen LogP contribution in [0.2, 0.25) is 0 Å². The number of aryl methyl sites for hydroxylation is 1. The average molecular weight is 391 g/mol. The minimum atomic E-state index is -0.302. The number of hydrogen-bond donors (Lipinski definition) is 0. The summed E-state index contributed by atoms with van der Waals surface area (Å²) in [5.74, 6) is 0.864. The fourth-order valence-corrected chi connectivity index (χ4v) is 3.80. The number of carbonyl (C=O) groups excluding carboxylic acids is 1. The van der Waals surface area contributed by atoms with Gasteiger partial charge >= 0.3 is 5.63 Å². The van der Waals surface area contributed by atoms with Gasteiger partial charge in [-0.05, 0) is 44.4 Å². The van der Waals surface area contributed by atoms with Crippen molar-refractivity contribution in [1.29, 1.82) is 0 Å². The Hall–Kier alpha value is -2.92. The van der Waals surface area contributed by atoms with E-state index in [2.05, 4.69) is 4.90 Å². The minimum absolute atomic E-state index is 0.0915. The molecule has 150 valence electrons. The highest BCUT2D eigenvalue weighted by Crippen LogP contribution is 2.26. The molecule has 1 aliphatic heterocycles. The molecule has 0 amide bonds. The van der Waals surface area contributed by atoms with E-state index in [-0.39, 0.29) is 17.5 Å². The molecular formula is C24H25NO4. The van der Waals surface area contributed by atoms with Crippen LogP contribution in [0.3, 0.4) is 0 Å². The van der Waals surface area contributed by atoms with Crippen LogP contribution in [0, 0.1) is 13.8 Å². The summed E-state index contributed by atoms with van der Waals surface area (Å²) in [7, 11) is 0. The molecule has 1 aromatic heterocycles. The second-order valence-electron chi connectivity index (χ2n) is 7.68. The molecule has 5 nitrogen and oxygen atoms in total. The van der Waals surface area contributed by atoms with Crippen LogP contribution in [0.15, 0.2) is 57.7 Å². The third kappa shape index (κ3) is 4.25. The van der Waals surface area contributed by atoms with E-state index in [1.165, 1.54) is 0 Å². The Morgan fingerprint density at radius 2 is 1.79 bits per heavy atom. The van der Waals surface area contributed by atoms with Crippen LogP contribution < -0.4 is 10.4 Å². The largest absolute Gasteiger partial charge is 0.490 e. The van der Waals surface area contributed by atoms with E-state index in [0.29, 0.717) is 23.4 Å². The second kappa shape index (κ2) is 8.21. The number of piperidine rings is 1. The molecule has 0 aliphatic carbocycles. The number of ether oxygens (including phenoxy) is 1. The van der Waals surface area contributed by atoms with E-state index in [0.717, 1.165) is 42.4 Å². The number of likely N-dealkylation sites (tertiary alicyclic amines) is 1. The average Bonchev–Trinajstić information content (AvgIpc) is 2.74. The van der Waals surface area contributed by atoms with Crippen molar-refractivity contribution in [2.45, 2.75) is 32.8 Å². The van der Waals surface area contributed by atoms with Crippen molar-refractivity contribution in [3.8, 4) is 5.75 Å². The molecule has 1 aliphatic rings. The number of fused-ring (bicyclic) bond motifs is 1. The Bertz CT molecular complexity index is 1080. The number of hydrogen-bond acceptors (Lipinski definition) is 5. The first-order chi connectivity index (χ1) is 14.0. The van der Waals surface area contributed by atoms with Crippen LogP contribution in [0.4, 0.5) is 0 Å². The van der Waals surface area contributed by atoms with Crippen LogP contribution >= 0.6 is 0 Å². The molecule has 1 saturated heterocycles. The second-order valence-corrected chi connectivity index (χ2v) is 7.68. The van der Waals surface area contributed by atoms with Crippen molar-refractivity contribution in [2.75, 3.05) is 19.6 Å². The lowest BCUT2D eigenvalue weighted by molar-refractivity contribution is 0.0791. The van der Waals surface area contributed by atoms with Crippen molar-refractivity contribution in [3.05, 3.63) is 75.6 Å². The minimum Gasteiger partial charge on any atom is -0.490 e. The molecule has 0 saturated carbocycles. The van der Waals surface area contributed by atoms with Crippen LogP contribution in [0.1, 0.15) is 34.3 Å². The van der Waals surface area contributed by atoms with Crippen molar-refractivity contribution >= 4 is 16.8 Å². The Kier molecular flexibility index (Phi) is 5.49. The number of benzene rings is 2. The van der Waals surface area contributed by atoms with E-state index in [1.807, 2.05) is 49.4 Å². The quantitative estimate of drug-likeness (QED) is 0.483. The molecule has 1 fully saturated rings. The SMILES string of the molecule is Cc1c(C)c2ccc(OC3CCN(CC(=O)c4ccccc4)CC3)cc2oc1=O. The summed E-state index contributed by atoms with van der Waals surface area (Å²) in [5, 5.41) is 0.934. The summed E-state index contributed by atoms with van der Waals surface area (Å²) in [4.78, 5) is 26.5. The highest BCUT2D eigenvalue weighted by Gasteiger charge is 2.22. The summed E-state index contributed by atoms with van der Waals surface area (Å²) < 4.78 is 11.6. The number of ketones is 1. The standard InChI is InChI=1S/C24H25NO4/c1-16-17(2)24(27)29-23-14-20(8-9-21(16)23)28-19-10-12-25(13-11-19)15-22(26)18-6-4-3-5-7-18/h3-9,14,19H,10-13,15H2,1-2H3. The zero-order valence-electron chi connectivity index (χ0n) is 16.8. The molecule has 0 atom stereocenters. The molecule has 0 unspecified atom stereocenters. The smallest absolute Gasteiger partial charge is 0.339 e.